The van der Waals surface area contributed by atoms with Crippen molar-refractivity contribution in [1.29, 1.82) is 0 Å². The summed E-state index contributed by atoms with van der Waals surface area (Å²) in [6, 6.07) is 6.39. The van der Waals surface area contributed by atoms with E-state index in [0.29, 0.717) is 11.6 Å². The molecule has 0 saturated carbocycles. The van der Waals surface area contributed by atoms with E-state index < -0.39 is 0 Å². The van der Waals surface area contributed by atoms with Crippen molar-refractivity contribution in [2.45, 2.75) is 13.0 Å². The Morgan fingerprint density at radius 1 is 1.50 bits per heavy atom. The third kappa shape index (κ3) is 2.53. The highest BCUT2D eigenvalue weighted by atomic mass is 32.1. The summed E-state index contributed by atoms with van der Waals surface area (Å²) >= 11 is 1.22. The highest BCUT2D eigenvalue weighted by Crippen LogP contribution is 2.36. The molecule has 4 nitrogen and oxygen atoms in total. The summed E-state index contributed by atoms with van der Waals surface area (Å²) in [5, 5.41) is 3.95. The molecule has 2 aromatic rings. The monoisotopic (exact) mass is 267 g/mol. The first-order valence-corrected chi connectivity index (χ1v) is 6.20. The molecule has 0 bridgehead atoms. The van der Waals surface area contributed by atoms with E-state index in [1.54, 1.807) is 6.07 Å². The number of hydrogen-bond donors (Lipinski definition) is 2. The van der Waals surface area contributed by atoms with Crippen LogP contribution < -0.4 is 15.8 Å². The van der Waals surface area contributed by atoms with Crippen molar-refractivity contribution < 1.29 is 9.13 Å². The SMILES string of the molecule is COc1c(N)nsc1NC(C)c1cccc(F)c1. The highest BCUT2D eigenvalue weighted by molar-refractivity contribution is 7.11. The Balaban J connectivity index is 2.18. The summed E-state index contributed by atoms with van der Waals surface area (Å²) in [7, 11) is 1.54. The summed E-state index contributed by atoms with van der Waals surface area (Å²) in [5.41, 5.74) is 6.52. The summed E-state index contributed by atoms with van der Waals surface area (Å²) in [6.45, 7) is 1.93. The lowest BCUT2D eigenvalue weighted by molar-refractivity contribution is 0.419. The number of nitrogens with two attached hydrogens (primary N) is 1. The second kappa shape index (κ2) is 5.22. The predicted octanol–water partition coefficient (Wildman–Crippen LogP) is 3.05. The largest absolute Gasteiger partial charge is 0.490 e. The van der Waals surface area contributed by atoms with Gasteiger partial charge in [-0.25, -0.2) is 4.39 Å². The van der Waals surface area contributed by atoms with Crippen molar-refractivity contribution in [3.05, 3.63) is 35.6 Å². The van der Waals surface area contributed by atoms with E-state index in [2.05, 4.69) is 9.69 Å². The molecule has 96 valence electrons. The molecule has 0 amide bonds. The molecular formula is C12H14FN3OS. The van der Waals surface area contributed by atoms with Crippen LogP contribution in [0.3, 0.4) is 0 Å². The van der Waals surface area contributed by atoms with Crippen LogP contribution in [0.25, 0.3) is 0 Å². The zero-order valence-electron chi connectivity index (χ0n) is 10.1. The number of nitrogen functional groups attached to an aromatic ring is 1. The van der Waals surface area contributed by atoms with Gasteiger partial charge in [0.05, 0.1) is 7.11 Å². The van der Waals surface area contributed by atoms with Gasteiger partial charge in [0, 0.05) is 6.04 Å². The zero-order chi connectivity index (χ0) is 13.1. The molecule has 0 aliphatic rings. The molecule has 0 radical (unpaired) electrons. The Morgan fingerprint density at radius 3 is 2.94 bits per heavy atom. The summed E-state index contributed by atoms with van der Waals surface area (Å²) in [6.07, 6.45) is 0. The van der Waals surface area contributed by atoms with E-state index in [-0.39, 0.29) is 11.9 Å². The average Bonchev–Trinajstić information content (AvgIpc) is 2.69. The van der Waals surface area contributed by atoms with Crippen molar-refractivity contribution in [1.82, 2.24) is 4.37 Å². The minimum Gasteiger partial charge on any atom is -0.490 e. The van der Waals surface area contributed by atoms with Crippen molar-refractivity contribution in [3.63, 3.8) is 0 Å². The number of halogens is 1. The summed E-state index contributed by atoms with van der Waals surface area (Å²) < 4.78 is 22.3. The lowest BCUT2D eigenvalue weighted by Gasteiger charge is -2.14. The molecule has 0 fully saturated rings. The number of aromatic nitrogens is 1. The van der Waals surface area contributed by atoms with Crippen molar-refractivity contribution in [3.8, 4) is 5.75 Å². The van der Waals surface area contributed by atoms with Gasteiger partial charge < -0.3 is 15.8 Å². The van der Waals surface area contributed by atoms with E-state index in [0.717, 1.165) is 10.6 Å². The fourth-order valence-corrected chi connectivity index (χ4v) is 2.41. The molecule has 1 heterocycles. The third-order valence-corrected chi connectivity index (χ3v) is 3.35. The Morgan fingerprint density at radius 2 is 2.28 bits per heavy atom. The Hall–Kier alpha value is -1.82. The third-order valence-electron chi connectivity index (χ3n) is 2.57. The molecule has 1 atom stereocenters. The first-order chi connectivity index (χ1) is 8.61. The van der Waals surface area contributed by atoms with E-state index >= 15 is 0 Å². The molecule has 0 spiro atoms. The topological polar surface area (TPSA) is 60.2 Å². The molecule has 0 saturated heterocycles. The molecule has 18 heavy (non-hydrogen) atoms. The quantitative estimate of drug-likeness (QED) is 0.893. The van der Waals surface area contributed by atoms with Crippen LogP contribution in [0.4, 0.5) is 15.2 Å². The number of methoxy groups -OCH3 is 1. The average molecular weight is 267 g/mol. The smallest absolute Gasteiger partial charge is 0.197 e. The van der Waals surface area contributed by atoms with E-state index in [1.165, 1.54) is 30.8 Å². The number of hydrogen-bond acceptors (Lipinski definition) is 5. The molecule has 1 unspecified atom stereocenters. The molecule has 3 N–H and O–H groups in total. The van der Waals surface area contributed by atoms with Gasteiger partial charge in [0.25, 0.3) is 0 Å². The van der Waals surface area contributed by atoms with E-state index in [4.69, 9.17) is 10.5 Å². The van der Waals surface area contributed by atoms with Crippen LogP contribution in [0.15, 0.2) is 24.3 Å². The molecule has 1 aromatic heterocycles. The van der Waals surface area contributed by atoms with Gasteiger partial charge in [-0.05, 0) is 36.2 Å². The number of nitrogens with one attached hydrogen (secondary N) is 1. The Bertz CT molecular complexity index is 544. The normalized spacial score (nSPS) is 12.2. The number of benzene rings is 1. The van der Waals surface area contributed by atoms with Crippen molar-refractivity contribution >= 4 is 22.4 Å². The second-order valence-electron chi connectivity index (χ2n) is 3.85. The van der Waals surface area contributed by atoms with E-state index in [9.17, 15) is 4.39 Å². The van der Waals surface area contributed by atoms with Gasteiger partial charge in [-0.3, -0.25) is 0 Å². The summed E-state index contributed by atoms with van der Waals surface area (Å²) in [4.78, 5) is 0. The fourth-order valence-electron chi connectivity index (χ4n) is 1.64. The Labute approximate surface area is 109 Å². The molecule has 2 rings (SSSR count). The van der Waals surface area contributed by atoms with Crippen LogP contribution >= 0.6 is 11.5 Å². The molecule has 0 aliphatic carbocycles. The standard InChI is InChI=1S/C12H14FN3OS/c1-7(8-4-3-5-9(13)6-8)15-12-10(17-2)11(14)16-18-12/h3-7,15H,1-2H3,(H2,14,16). The second-order valence-corrected chi connectivity index (χ2v) is 4.62. The van der Waals surface area contributed by atoms with Crippen LogP contribution in [0.5, 0.6) is 5.75 Å². The van der Waals surface area contributed by atoms with Crippen molar-refractivity contribution in [2.24, 2.45) is 0 Å². The van der Waals surface area contributed by atoms with Gasteiger partial charge in [-0.2, -0.15) is 4.37 Å². The summed E-state index contributed by atoms with van der Waals surface area (Å²) in [5.74, 6) is 0.636. The minimum atomic E-state index is -0.253. The zero-order valence-corrected chi connectivity index (χ0v) is 10.9. The number of nitrogens with zero attached hydrogens (tertiary/aromatic N) is 1. The lowest BCUT2D eigenvalue weighted by atomic mass is 10.1. The highest BCUT2D eigenvalue weighted by Gasteiger charge is 2.15. The molecule has 1 aromatic carbocycles. The molecule has 6 heteroatoms. The maximum absolute atomic E-state index is 13.1. The van der Waals surface area contributed by atoms with Gasteiger partial charge in [0.2, 0.25) is 0 Å². The maximum atomic E-state index is 13.1. The van der Waals surface area contributed by atoms with Gasteiger partial charge in [0.1, 0.15) is 5.82 Å². The van der Waals surface area contributed by atoms with Crippen molar-refractivity contribution in [2.75, 3.05) is 18.2 Å². The van der Waals surface area contributed by atoms with Crippen LogP contribution in [-0.4, -0.2) is 11.5 Å². The van der Waals surface area contributed by atoms with Gasteiger partial charge in [-0.1, -0.05) is 12.1 Å². The lowest BCUT2D eigenvalue weighted by Crippen LogP contribution is -2.06. The molecular weight excluding hydrogens is 253 g/mol. The van der Waals surface area contributed by atoms with Crippen LogP contribution in [0, 0.1) is 5.82 Å². The van der Waals surface area contributed by atoms with Gasteiger partial charge in [0.15, 0.2) is 16.6 Å². The van der Waals surface area contributed by atoms with Gasteiger partial charge in [-0.15, -0.1) is 0 Å². The predicted molar refractivity (Wildman–Crippen MR) is 71.5 cm³/mol. The van der Waals surface area contributed by atoms with Crippen LogP contribution in [0.2, 0.25) is 0 Å². The Kier molecular flexibility index (Phi) is 3.66. The number of rotatable bonds is 4. The first-order valence-electron chi connectivity index (χ1n) is 5.43. The fraction of sp³-hybridized carbons (Fsp3) is 0.250. The number of ether oxygens (including phenoxy) is 1. The van der Waals surface area contributed by atoms with Crippen LogP contribution in [0.1, 0.15) is 18.5 Å². The molecule has 0 aliphatic heterocycles. The minimum absolute atomic E-state index is 0.0607. The van der Waals surface area contributed by atoms with E-state index in [1.807, 2.05) is 13.0 Å². The van der Waals surface area contributed by atoms with Crippen LogP contribution in [-0.2, 0) is 0 Å². The maximum Gasteiger partial charge on any atom is 0.197 e. The van der Waals surface area contributed by atoms with Gasteiger partial charge >= 0.3 is 0 Å². The number of anilines is 2. The first kappa shape index (κ1) is 12.6.